The Bertz CT molecular complexity index is 1710. The number of nitrogens with zero attached hydrogens (tertiary/aromatic N) is 3. The van der Waals surface area contributed by atoms with Gasteiger partial charge in [-0.15, -0.1) is 0 Å². The zero-order valence-electron chi connectivity index (χ0n) is 19.1. The molecular formula is C25H15F5N4O3. The number of halogens is 5. The van der Waals surface area contributed by atoms with Gasteiger partial charge in [0.15, 0.2) is 17.1 Å². The average Bonchev–Trinajstić information content (AvgIpc) is 3.38. The van der Waals surface area contributed by atoms with Gasteiger partial charge in [-0.1, -0.05) is 0 Å². The summed E-state index contributed by atoms with van der Waals surface area (Å²) in [6.07, 6.45) is -0.130. The first kappa shape index (κ1) is 24.1. The summed E-state index contributed by atoms with van der Waals surface area (Å²) in [6.45, 7) is 2.44. The van der Waals surface area contributed by atoms with Gasteiger partial charge in [0.05, 0.1) is 33.9 Å². The molecule has 0 spiro atoms. The number of ether oxygens (including phenoxy) is 1. The number of oxazole rings is 1. The van der Waals surface area contributed by atoms with Crippen LogP contribution in [-0.4, -0.2) is 19.9 Å². The normalized spacial score (nSPS) is 11.8. The fourth-order valence-electron chi connectivity index (χ4n) is 3.95. The maximum absolute atomic E-state index is 14.1. The molecule has 0 aliphatic heterocycles. The number of H-pyrrole nitrogens is 1. The average molecular weight is 514 g/mol. The van der Waals surface area contributed by atoms with Crippen molar-refractivity contribution in [2.24, 2.45) is 0 Å². The van der Waals surface area contributed by atoms with Crippen LogP contribution in [0.15, 0.2) is 58.3 Å². The Morgan fingerprint density at radius 2 is 1.78 bits per heavy atom. The number of alkyl halides is 3. The van der Waals surface area contributed by atoms with Gasteiger partial charge in [-0.3, -0.25) is 9.78 Å². The molecular weight excluding hydrogens is 499 g/mol. The fourth-order valence-corrected chi connectivity index (χ4v) is 3.95. The SMILES string of the molecule is Cc1c(Oc2ncc(C(F)(F)F)c(C)c2-c2cc(=O)c3c(-c4ncco4)nccc3[nH]2)ccc(F)c1F. The van der Waals surface area contributed by atoms with Crippen LogP contribution in [0.1, 0.15) is 16.7 Å². The maximum atomic E-state index is 14.1. The van der Waals surface area contributed by atoms with E-state index in [4.69, 9.17) is 9.15 Å². The molecule has 0 fully saturated rings. The highest BCUT2D eigenvalue weighted by Gasteiger charge is 2.35. The number of hydrogen-bond acceptors (Lipinski definition) is 6. The molecule has 0 aliphatic rings. The summed E-state index contributed by atoms with van der Waals surface area (Å²) in [5.74, 6) is -2.72. The van der Waals surface area contributed by atoms with Crippen LogP contribution in [-0.2, 0) is 6.18 Å². The molecule has 1 N–H and O–H groups in total. The van der Waals surface area contributed by atoms with E-state index in [-0.39, 0.29) is 56.5 Å². The van der Waals surface area contributed by atoms with Gasteiger partial charge in [-0.2, -0.15) is 13.2 Å². The Hall–Kier alpha value is -4.61. The van der Waals surface area contributed by atoms with E-state index in [2.05, 4.69) is 19.9 Å². The number of rotatable bonds is 4. The van der Waals surface area contributed by atoms with Crippen molar-refractivity contribution in [1.82, 2.24) is 19.9 Å². The van der Waals surface area contributed by atoms with Crippen molar-refractivity contribution in [3.8, 4) is 34.5 Å². The van der Waals surface area contributed by atoms with E-state index in [1.807, 2.05) is 0 Å². The Kier molecular flexibility index (Phi) is 5.73. The number of fused-ring (bicyclic) bond motifs is 1. The number of benzene rings is 1. The van der Waals surface area contributed by atoms with Gasteiger partial charge in [-0.05, 0) is 37.6 Å². The lowest BCUT2D eigenvalue weighted by molar-refractivity contribution is -0.138. The Morgan fingerprint density at radius 3 is 2.49 bits per heavy atom. The third-order valence-corrected chi connectivity index (χ3v) is 5.75. The van der Waals surface area contributed by atoms with Gasteiger partial charge in [-0.25, -0.2) is 18.7 Å². The molecule has 4 aromatic heterocycles. The van der Waals surface area contributed by atoms with Crippen molar-refractivity contribution in [2.45, 2.75) is 20.0 Å². The van der Waals surface area contributed by atoms with E-state index in [1.54, 1.807) is 0 Å². The second-order valence-corrected chi connectivity index (χ2v) is 8.03. The predicted octanol–water partition coefficient (Wildman–Crippen LogP) is 6.35. The Morgan fingerprint density at radius 1 is 1.00 bits per heavy atom. The fraction of sp³-hybridized carbons (Fsp3) is 0.120. The van der Waals surface area contributed by atoms with E-state index >= 15 is 0 Å². The largest absolute Gasteiger partial charge is 0.443 e. The highest BCUT2D eigenvalue weighted by Crippen LogP contribution is 2.41. The van der Waals surface area contributed by atoms with Gasteiger partial charge in [0, 0.05) is 24.0 Å². The smallest absolute Gasteiger partial charge is 0.418 e. The number of nitrogens with one attached hydrogen (secondary N) is 1. The van der Waals surface area contributed by atoms with Gasteiger partial charge in [0.25, 0.3) is 0 Å². The van der Waals surface area contributed by atoms with Crippen LogP contribution >= 0.6 is 0 Å². The molecule has 12 heteroatoms. The van der Waals surface area contributed by atoms with Crippen molar-refractivity contribution >= 4 is 10.9 Å². The van der Waals surface area contributed by atoms with Crippen molar-refractivity contribution < 1.29 is 31.1 Å². The van der Waals surface area contributed by atoms with Gasteiger partial charge in [0.1, 0.15) is 17.7 Å². The van der Waals surface area contributed by atoms with E-state index in [0.717, 1.165) is 18.2 Å². The van der Waals surface area contributed by atoms with Crippen LogP contribution in [0.2, 0.25) is 0 Å². The van der Waals surface area contributed by atoms with Crippen LogP contribution in [0.3, 0.4) is 0 Å². The predicted molar refractivity (Wildman–Crippen MR) is 122 cm³/mol. The lowest BCUT2D eigenvalue weighted by atomic mass is 10.0. The van der Waals surface area contributed by atoms with E-state index < -0.39 is 28.8 Å². The van der Waals surface area contributed by atoms with Gasteiger partial charge in [0.2, 0.25) is 11.8 Å². The molecule has 188 valence electrons. The van der Waals surface area contributed by atoms with Crippen molar-refractivity contribution in [1.29, 1.82) is 0 Å². The maximum Gasteiger partial charge on any atom is 0.418 e. The minimum atomic E-state index is -4.76. The molecule has 0 bridgehead atoms. The molecule has 0 atom stereocenters. The minimum absolute atomic E-state index is 0.0478. The van der Waals surface area contributed by atoms with Crippen LogP contribution in [0, 0.1) is 25.5 Å². The summed E-state index contributed by atoms with van der Waals surface area (Å²) in [7, 11) is 0. The number of aromatic nitrogens is 4. The molecule has 5 rings (SSSR count). The zero-order chi connectivity index (χ0) is 26.5. The molecule has 1 aromatic carbocycles. The Balaban J connectivity index is 1.75. The van der Waals surface area contributed by atoms with Crippen molar-refractivity contribution in [3.05, 3.63) is 87.7 Å². The third kappa shape index (κ3) is 4.20. The lowest BCUT2D eigenvalue weighted by Crippen LogP contribution is -2.12. The molecule has 7 nitrogen and oxygen atoms in total. The lowest BCUT2D eigenvalue weighted by Gasteiger charge is -2.18. The molecule has 0 saturated carbocycles. The van der Waals surface area contributed by atoms with Gasteiger partial charge >= 0.3 is 6.18 Å². The van der Waals surface area contributed by atoms with E-state index in [0.29, 0.717) is 6.20 Å². The molecule has 0 saturated heterocycles. The molecule has 37 heavy (non-hydrogen) atoms. The van der Waals surface area contributed by atoms with Crippen molar-refractivity contribution in [2.75, 3.05) is 0 Å². The minimum Gasteiger partial charge on any atom is -0.443 e. The van der Waals surface area contributed by atoms with E-state index in [1.165, 1.54) is 38.6 Å². The van der Waals surface area contributed by atoms with Crippen molar-refractivity contribution in [3.63, 3.8) is 0 Å². The number of pyridine rings is 3. The third-order valence-electron chi connectivity index (χ3n) is 5.75. The highest BCUT2D eigenvalue weighted by molar-refractivity contribution is 5.91. The molecule has 0 aliphatic carbocycles. The number of aromatic amines is 1. The first-order chi connectivity index (χ1) is 17.6. The monoisotopic (exact) mass is 514 g/mol. The topological polar surface area (TPSA) is 93.9 Å². The van der Waals surface area contributed by atoms with Gasteiger partial charge < -0.3 is 14.1 Å². The first-order valence-electron chi connectivity index (χ1n) is 10.7. The van der Waals surface area contributed by atoms with Crippen LogP contribution in [0.5, 0.6) is 11.6 Å². The summed E-state index contributed by atoms with van der Waals surface area (Å²) in [4.78, 5) is 28.1. The second kappa shape index (κ2) is 8.80. The molecule has 0 amide bonds. The molecule has 4 heterocycles. The highest BCUT2D eigenvalue weighted by atomic mass is 19.4. The quantitative estimate of drug-likeness (QED) is 0.281. The standard InChI is InChI=1S/C25H15F5N4O3/c1-11-13(25(28,29)30)10-33-23(37-18-4-3-14(26)21(27)12(18)2)19(11)16-9-17(35)20-15(34-16)5-6-31-22(20)24-32-7-8-36-24/h3-10H,1-2H3,(H,34,35). The Labute approximate surface area is 204 Å². The summed E-state index contributed by atoms with van der Waals surface area (Å²) in [5.41, 5.74) is -2.01. The first-order valence-corrected chi connectivity index (χ1v) is 10.7. The molecule has 0 unspecified atom stereocenters. The van der Waals surface area contributed by atoms with Crippen LogP contribution < -0.4 is 10.2 Å². The molecule has 5 aromatic rings. The summed E-state index contributed by atoms with van der Waals surface area (Å²) >= 11 is 0. The summed E-state index contributed by atoms with van der Waals surface area (Å²) < 4.78 is 79.8. The second-order valence-electron chi connectivity index (χ2n) is 8.03. The molecule has 0 radical (unpaired) electrons. The summed E-state index contributed by atoms with van der Waals surface area (Å²) in [5, 5.41) is 0.102. The van der Waals surface area contributed by atoms with Crippen LogP contribution in [0.4, 0.5) is 22.0 Å². The van der Waals surface area contributed by atoms with Crippen LogP contribution in [0.25, 0.3) is 33.7 Å². The summed E-state index contributed by atoms with van der Waals surface area (Å²) in [6, 6.07) is 4.49. The number of hydrogen-bond donors (Lipinski definition) is 1. The zero-order valence-corrected chi connectivity index (χ0v) is 19.1. The van der Waals surface area contributed by atoms with E-state index in [9.17, 15) is 26.7 Å².